The van der Waals surface area contributed by atoms with Crippen molar-refractivity contribution < 1.29 is 4.79 Å². The maximum atomic E-state index is 13.0. The van der Waals surface area contributed by atoms with Crippen LogP contribution in [0.1, 0.15) is 40.5 Å². The number of likely N-dealkylation sites (tertiary alicyclic amines) is 1. The first-order valence-electron chi connectivity index (χ1n) is 8.00. The molecule has 0 spiro atoms. The fourth-order valence-corrected chi connectivity index (χ4v) is 3.47. The van der Waals surface area contributed by atoms with Gasteiger partial charge in [-0.05, 0) is 43.5 Å². The van der Waals surface area contributed by atoms with Crippen LogP contribution in [0.3, 0.4) is 0 Å². The number of aromatic nitrogens is 3. The van der Waals surface area contributed by atoms with Gasteiger partial charge in [0.15, 0.2) is 5.65 Å². The number of hydrogen-bond acceptors (Lipinski definition) is 3. The van der Waals surface area contributed by atoms with Crippen molar-refractivity contribution in [2.75, 3.05) is 6.54 Å². The monoisotopic (exact) mass is 340 g/mol. The number of pyridine rings is 1. The number of nitrogens with one attached hydrogen (secondary N) is 1. The number of carbonyl (C=O) groups excluding carboxylic acids is 1. The largest absolute Gasteiger partial charge is 0.332 e. The van der Waals surface area contributed by atoms with Crippen LogP contribution in [-0.2, 0) is 0 Å². The summed E-state index contributed by atoms with van der Waals surface area (Å²) >= 11 is 5.98. The topological polar surface area (TPSA) is 61.9 Å². The lowest BCUT2D eigenvalue weighted by molar-refractivity contribution is 0.0735. The minimum Gasteiger partial charge on any atom is -0.332 e. The van der Waals surface area contributed by atoms with Gasteiger partial charge < -0.3 is 4.90 Å². The maximum Gasteiger partial charge on any atom is 0.255 e. The third kappa shape index (κ3) is 2.55. The first-order valence-corrected chi connectivity index (χ1v) is 8.38. The van der Waals surface area contributed by atoms with E-state index in [0.29, 0.717) is 16.2 Å². The zero-order valence-corrected chi connectivity index (χ0v) is 14.0. The molecule has 122 valence electrons. The van der Waals surface area contributed by atoms with Crippen LogP contribution in [0.2, 0.25) is 5.02 Å². The number of aryl methyl sites for hydroxylation is 1. The quantitative estimate of drug-likeness (QED) is 0.769. The number of amides is 1. The maximum absolute atomic E-state index is 13.0. The van der Waals surface area contributed by atoms with Crippen LogP contribution in [0.25, 0.3) is 11.0 Å². The van der Waals surface area contributed by atoms with E-state index >= 15 is 0 Å². The van der Waals surface area contributed by atoms with E-state index < -0.39 is 0 Å². The van der Waals surface area contributed by atoms with Crippen LogP contribution in [-0.4, -0.2) is 32.5 Å². The van der Waals surface area contributed by atoms with Crippen molar-refractivity contribution >= 4 is 28.5 Å². The Bertz CT molecular complexity index is 903. The van der Waals surface area contributed by atoms with Gasteiger partial charge in [-0.3, -0.25) is 9.89 Å². The molecule has 1 aliphatic heterocycles. The highest BCUT2D eigenvalue weighted by Gasteiger charge is 2.30. The van der Waals surface area contributed by atoms with E-state index in [4.69, 9.17) is 11.6 Å². The summed E-state index contributed by atoms with van der Waals surface area (Å²) in [5.74, 6) is 0.0162. The van der Waals surface area contributed by atoms with Crippen LogP contribution in [0, 0.1) is 6.92 Å². The van der Waals surface area contributed by atoms with Crippen LogP contribution >= 0.6 is 11.6 Å². The van der Waals surface area contributed by atoms with Crippen molar-refractivity contribution in [2.45, 2.75) is 25.8 Å². The van der Waals surface area contributed by atoms with Crippen molar-refractivity contribution in [1.29, 1.82) is 0 Å². The Morgan fingerprint density at radius 2 is 2.12 bits per heavy atom. The van der Waals surface area contributed by atoms with E-state index in [1.165, 1.54) is 0 Å². The normalized spacial score (nSPS) is 17.6. The van der Waals surface area contributed by atoms with Crippen molar-refractivity contribution in [3.63, 3.8) is 0 Å². The first-order chi connectivity index (χ1) is 11.6. The first kappa shape index (κ1) is 15.1. The van der Waals surface area contributed by atoms with Crippen LogP contribution < -0.4 is 0 Å². The number of halogens is 1. The molecule has 0 unspecified atom stereocenters. The Morgan fingerprint density at radius 3 is 2.92 bits per heavy atom. The number of fused-ring (bicyclic) bond motifs is 1. The van der Waals surface area contributed by atoms with Gasteiger partial charge in [-0.2, -0.15) is 5.10 Å². The molecule has 24 heavy (non-hydrogen) atoms. The highest BCUT2D eigenvalue weighted by atomic mass is 35.5. The second-order valence-corrected chi connectivity index (χ2v) is 6.59. The van der Waals surface area contributed by atoms with E-state index in [2.05, 4.69) is 15.2 Å². The minimum atomic E-state index is 0.0162. The molecule has 6 heteroatoms. The van der Waals surface area contributed by atoms with Crippen molar-refractivity contribution in [2.24, 2.45) is 0 Å². The molecule has 1 aromatic carbocycles. The second-order valence-electron chi connectivity index (χ2n) is 6.15. The fraction of sp³-hybridized carbons (Fsp3) is 0.278. The summed E-state index contributed by atoms with van der Waals surface area (Å²) in [4.78, 5) is 19.2. The number of rotatable bonds is 2. The van der Waals surface area contributed by atoms with E-state index in [0.717, 1.165) is 36.0 Å². The number of benzene rings is 1. The van der Waals surface area contributed by atoms with Gasteiger partial charge in [0.2, 0.25) is 0 Å². The summed E-state index contributed by atoms with van der Waals surface area (Å²) in [6.45, 7) is 2.69. The number of aromatic amines is 1. The molecule has 1 atom stereocenters. The zero-order valence-electron chi connectivity index (χ0n) is 13.3. The van der Waals surface area contributed by atoms with Crippen LogP contribution in [0.4, 0.5) is 0 Å². The zero-order chi connectivity index (χ0) is 16.7. The third-order valence-corrected chi connectivity index (χ3v) is 4.87. The van der Waals surface area contributed by atoms with Crippen molar-refractivity contribution in [3.8, 4) is 0 Å². The molecule has 1 fully saturated rings. The Kier molecular flexibility index (Phi) is 3.73. The minimum absolute atomic E-state index is 0.0162. The molecule has 1 amide bonds. The summed E-state index contributed by atoms with van der Waals surface area (Å²) in [5, 5.41) is 8.62. The second kappa shape index (κ2) is 5.91. The summed E-state index contributed by atoms with van der Waals surface area (Å²) in [6.07, 6.45) is 3.58. The molecule has 2 aromatic heterocycles. The molecule has 0 bridgehead atoms. The van der Waals surface area contributed by atoms with Gasteiger partial charge in [-0.25, -0.2) is 4.98 Å². The van der Waals surface area contributed by atoms with Gasteiger partial charge >= 0.3 is 0 Å². The summed E-state index contributed by atoms with van der Waals surface area (Å²) in [5.41, 5.74) is 3.29. The van der Waals surface area contributed by atoms with E-state index in [9.17, 15) is 4.79 Å². The molecule has 0 aliphatic carbocycles. The Morgan fingerprint density at radius 1 is 1.33 bits per heavy atom. The van der Waals surface area contributed by atoms with Gasteiger partial charge in [-0.15, -0.1) is 0 Å². The lowest BCUT2D eigenvalue weighted by Crippen LogP contribution is -2.30. The Hall–Kier alpha value is -2.40. The lowest BCUT2D eigenvalue weighted by atomic mass is 10.0. The molecule has 1 saturated heterocycles. The molecule has 1 aliphatic rings. The average Bonchev–Trinajstić information content (AvgIpc) is 3.22. The van der Waals surface area contributed by atoms with E-state index in [1.807, 2.05) is 42.2 Å². The SMILES string of the molecule is Cc1[nH]nc2ncc(C(=O)N3CCC[C@@H]3c3ccc(Cl)cc3)cc12. The molecule has 4 rings (SSSR count). The molecule has 3 aromatic rings. The highest BCUT2D eigenvalue weighted by Crippen LogP contribution is 2.33. The highest BCUT2D eigenvalue weighted by molar-refractivity contribution is 6.30. The van der Waals surface area contributed by atoms with Crippen LogP contribution in [0.5, 0.6) is 0 Å². The number of hydrogen-bond donors (Lipinski definition) is 1. The fourth-order valence-electron chi connectivity index (χ4n) is 3.34. The van der Waals surface area contributed by atoms with Crippen LogP contribution in [0.15, 0.2) is 36.5 Å². The number of carbonyl (C=O) groups is 1. The summed E-state index contributed by atoms with van der Waals surface area (Å²) < 4.78 is 0. The Labute approximate surface area is 144 Å². The average molecular weight is 341 g/mol. The molecular formula is C18H17ClN4O. The van der Waals surface area contributed by atoms with Crippen molar-refractivity contribution in [3.05, 3.63) is 58.4 Å². The van der Waals surface area contributed by atoms with Gasteiger partial charge in [0.1, 0.15) is 0 Å². The van der Waals surface area contributed by atoms with E-state index in [1.54, 1.807) is 6.20 Å². The van der Waals surface area contributed by atoms with Crippen molar-refractivity contribution in [1.82, 2.24) is 20.1 Å². The number of nitrogens with zero attached hydrogens (tertiary/aromatic N) is 3. The summed E-state index contributed by atoms with van der Waals surface area (Å²) in [7, 11) is 0. The molecule has 3 heterocycles. The van der Waals surface area contributed by atoms with Gasteiger partial charge in [0.05, 0.1) is 11.6 Å². The lowest BCUT2D eigenvalue weighted by Gasteiger charge is -2.25. The molecule has 0 saturated carbocycles. The van der Waals surface area contributed by atoms with Gasteiger partial charge in [-0.1, -0.05) is 23.7 Å². The molecule has 1 N–H and O–H groups in total. The Balaban J connectivity index is 1.66. The van der Waals surface area contributed by atoms with E-state index in [-0.39, 0.29) is 11.9 Å². The molecular weight excluding hydrogens is 324 g/mol. The molecule has 0 radical (unpaired) electrons. The summed E-state index contributed by atoms with van der Waals surface area (Å²) in [6, 6.07) is 9.72. The predicted molar refractivity (Wildman–Crippen MR) is 93.1 cm³/mol. The predicted octanol–water partition coefficient (Wildman–Crippen LogP) is 3.90. The van der Waals surface area contributed by atoms with Gasteiger partial charge in [0.25, 0.3) is 5.91 Å². The molecule has 5 nitrogen and oxygen atoms in total. The number of H-pyrrole nitrogens is 1. The third-order valence-electron chi connectivity index (χ3n) is 4.62. The smallest absolute Gasteiger partial charge is 0.255 e. The standard InChI is InChI=1S/C18H17ClN4O/c1-11-15-9-13(10-20-17(15)22-21-11)18(24)23-8-2-3-16(23)12-4-6-14(19)7-5-12/h4-7,9-10,16H,2-3,8H2,1H3,(H,20,21,22)/t16-/m1/s1. The van der Waals surface area contributed by atoms with Gasteiger partial charge in [0, 0.05) is 28.8 Å².